The summed E-state index contributed by atoms with van der Waals surface area (Å²) in [7, 11) is 0. The van der Waals surface area contributed by atoms with Gasteiger partial charge in [-0.15, -0.1) is 0 Å². The summed E-state index contributed by atoms with van der Waals surface area (Å²) < 4.78 is 0. The molecule has 2 aliphatic carbocycles. The summed E-state index contributed by atoms with van der Waals surface area (Å²) in [6, 6.07) is 14.7. The number of carbonyl (C=O) groups excluding carboxylic acids is 4. The highest BCUT2D eigenvalue weighted by Gasteiger charge is 2.48. The number of allylic oxidation sites excluding steroid dienone is 4. The van der Waals surface area contributed by atoms with Crippen molar-refractivity contribution in [2.75, 3.05) is 9.80 Å². The van der Waals surface area contributed by atoms with Gasteiger partial charge in [-0.05, 0) is 61.1 Å². The average Bonchev–Trinajstić information content (AvgIpc) is 3.29. The first-order chi connectivity index (χ1) is 16.5. The summed E-state index contributed by atoms with van der Waals surface area (Å²) >= 11 is 0. The van der Waals surface area contributed by atoms with E-state index in [1.165, 1.54) is 9.80 Å². The van der Waals surface area contributed by atoms with Crippen LogP contribution in [0, 0.1) is 23.7 Å². The molecule has 6 nitrogen and oxygen atoms in total. The molecule has 0 radical (unpaired) electrons. The second-order valence-electron chi connectivity index (χ2n) is 9.43. The number of imide groups is 2. The van der Waals surface area contributed by atoms with Crippen LogP contribution in [0.15, 0.2) is 72.8 Å². The molecule has 2 fully saturated rings. The van der Waals surface area contributed by atoms with E-state index in [0.29, 0.717) is 37.1 Å². The number of nitrogens with zero attached hydrogens (tertiary/aromatic N) is 2. The van der Waals surface area contributed by atoms with E-state index >= 15 is 0 Å². The third kappa shape index (κ3) is 3.09. The average molecular weight is 453 g/mol. The van der Waals surface area contributed by atoms with E-state index in [1.807, 2.05) is 48.6 Å². The Balaban J connectivity index is 1.21. The Labute approximate surface area is 197 Å². The summed E-state index contributed by atoms with van der Waals surface area (Å²) in [4.78, 5) is 53.9. The molecule has 2 saturated heterocycles. The third-order valence-corrected chi connectivity index (χ3v) is 7.60. The number of carbonyl (C=O) groups is 4. The highest BCUT2D eigenvalue weighted by molar-refractivity contribution is 6.23. The first kappa shape index (κ1) is 20.8. The van der Waals surface area contributed by atoms with Crippen LogP contribution in [0.4, 0.5) is 11.4 Å². The second kappa shape index (κ2) is 7.90. The zero-order valence-corrected chi connectivity index (χ0v) is 18.6. The van der Waals surface area contributed by atoms with Gasteiger partial charge in [0, 0.05) is 0 Å². The van der Waals surface area contributed by atoms with E-state index in [-0.39, 0.29) is 47.3 Å². The Morgan fingerprint density at radius 1 is 0.441 bits per heavy atom. The molecule has 0 bridgehead atoms. The van der Waals surface area contributed by atoms with Crippen molar-refractivity contribution in [1.29, 1.82) is 0 Å². The summed E-state index contributed by atoms with van der Waals surface area (Å²) in [5.74, 6) is -1.47. The SMILES string of the molecule is O=C1[C@H]2CC=CC[C@H]2C(=O)N1c1ccc(-c2ccc(N3C(=O)[C@@H]4CC=CC[C@H]4C3=O)cc2)cc1. The van der Waals surface area contributed by atoms with E-state index in [1.54, 1.807) is 24.3 Å². The van der Waals surface area contributed by atoms with Crippen LogP contribution in [0.2, 0.25) is 0 Å². The molecule has 2 aromatic rings. The van der Waals surface area contributed by atoms with E-state index in [9.17, 15) is 19.2 Å². The van der Waals surface area contributed by atoms with Gasteiger partial charge in [-0.1, -0.05) is 48.6 Å². The quantitative estimate of drug-likeness (QED) is 0.515. The van der Waals surface area contributed by atoms with Gasteiger partial charge in [-0.2, -0.15) is 0 Å². The maximum Gasteiger partial charge on any atom is 0.238 e. The molecule has 0 saturated carbocycles. The van der Waals surface area contributed by atoms with Gasteiger partial charge in [-0.3, -0.25) is 29.0 Å². The highest BCUT2D eigenvalue weighted by atomic mass is 16.2. The first-order valence-corrected chi connectivity index (χ1v) is 11.8. The maximum atomic E-state index is 12.8. The number of benzene rings is 2. The number of anilines is 2. The van der Waals surface area contributed by atoms with Crippen molar-refractivity contribution in [2.24, 2.45) is 23.7 Å². The monoisotopic (exact) mass is 452 g/mol. The molecule has 6 heteroatoms. The highest BCUT2D eigenvalue weighted by Crippen LogP contribution is 2.39. The Kier molecular flexibility index (Phi) is 4.83. The fraction of sp³-hybridized carbons (Fsp3) is 0.286. The van der Waals surface area contributed by atoms with E-state index < -0.39 is 0 Å². The van der Waals surface area contributed by atoms with Gasteiger partial charge in [0.15, 0.2) is 0 Å². The number of hydrogen-bond acceptors (Lipinski definition) is 4. The molecule has 0 N–H and O–H groups in total. The molecule has 2 aromatic carbocycles. The van der Waals surface area contributed by atoms with Crippen LogP contribution < -0.4 is 9.80 Å². The van der Waals surface area contributed by atoms with Crippen LogP contribution >= 0.6 is 0 Å². The Bertz CT molecular complexity index is 1110. The Hall–Kier alpha value is -3.80. The third-order valence-electron chi connectivity index (χ3n) is 7.60. The number of hydrogen-bond donors (Lipinski definition) is 0. The van der Waals surface area contributed by atoms with Crippen molar-refractivity contribution < 1.29 is 19.2 Å². The van der Waals surface area contributed by atoms with Gasteiger partial charge in [-0.25, -0.2) is 0 Å². The molecule has 2 aliphatic heterocycles. The molecule has 4 amide bonds. The van der Waals surface area contributed by atoms with E-state index in [4.69, 9.17) is 0 Å². The summed E-state index contributed by atoms with van der Waals surface area (Å²) in [6.45, 7) is 0. The lowest BCUT2D eigenvalue weighted by Gasteiger charge is -2.16. The predicted octanol–water partition coefficient (Wildman–Crippen LogP) is 4.26. The Morgan fingerprint density at radius 3 is 0.971 bits per heavy atom. The molecule has 6 rings (SSSR count). The number of amides is 4. The lowest BCUT2D eigenvalue weighted by Crippen LogP contribution is -2.30. The standard InChI is InChI=1S/C28H24N2O4/c31-25-21-5-1-2-6-22(21)26(32)29(25)19-13-9-17(10-14-19)18-11-15-20(16-12-18)30-27(33)23-7-3-4-8-24(23)28(30)34/h1-4,9-16,21-24H,5-8H2/t21-,22-,23-,24+/m1/s1. The van der Waals surface area contributed by atoms with Crippen LogP contribution in [-0.4, -0.2) is 23.6 Å². The van der Waals surface area contributed by atoms with Crippen molar-refractivity contribution in [2.45, 2.75) is 25.7 Å². The van der Waals surface area contributed by atoms with Crippen molar-refractivity contribution in [3.63, 3.8) is 0 Å². The lowest BCUT2D eigenvalue weighted by molar-refractivity contribution is -0.124. The van der Waals surface area contributed by atoms with Crippen molar-refractivity contribution in [1.82, 2.24) is 0 Å². The first-order valence-electron chi connectivity index (χ1n) is 11.8. The van der Waals surface area contributed by atoms with Gasteiger partial charge in [0.05, 0.1) is 35.0 Å². The predicted molar refractivity (Wildman–Crippen MR) is 128 cm³/mol. The van der Waals surface area contributed by atoms with Gasteiger partial charge in [0.25, 0.3) is 0 Å². The maximum absolute atomic E-state index is 12.8. The molecule has 170 valence electrons. The largest absolute Gasteiger partial charge is 0.274 e. The molecular formula is C28H24N2O4. The Morgan fingerprint density at radius 2 is 0.706 bits per heavy atom. The molecule has 4 atom stereocenters. The van der Waals surface area contributed by atoms with Gasteiger partial charge in [0.2, 0.25) is 23.6 Å². The zero-order valence-electron chi connectivity index (χ0n) is 18.6. The fourth-order valence-electron chi connectivity index (χ4n) is 5.72. The van der Waals surface area contributed by atoms with E-state index in [0.717, 1.165) is 11.1 Å². The normalized spacial score (nSPS) is 28.0. The lowest BCUT2D eigenvalue weighted by atomic mass is 9.85. The summed E-state index contributed by atoms with van der Waals surface area (Å²) in [5.41, 5.74) is 3.03. The van der Waals surface area contributed by atoms with Crippen LogP contribution in [0.3, 0.4) is 0 Å². The van der Waals surface area contributed by atoms with Gasteiger partial charge < -0.3 is 0 Å². The number of fused-ring (bicyclic) bond motifs is 2. The minimum absolute atomic E-state index is 0.118. The van der Waals surface area contributed by atoms with Crippen molar-refractivity contribution in [3.8, 4) is 11.1 Å². The van der Waals surface area contributed by atoms with Crippen LogP contribution in [0.25, 0.3) is 11.1 Å². The minimum Gasteiger partial charge on any atom is -0.274 e. The molecule has 0 aromatic heterocycles. The summed E-state index contributed by atoms with van der Waals surface area (Å²) in [5, 5.41) is 0. The van der Waals surface area contributed by atoms with Crippen molar-refractivity contribution in [3.05, 3.63) is 72.8 Å². The van der Waals surface area contributed by atoms with Gasteiger partial charge in [0.1, 0.15) is 0 Å². The molecule has 4 aliphatic rings. The fourth-order valence-corrected chi connectivity index (χ4v) is 5.72. The molecule has 2 heterocycles. The van der Waals surface area contributed by atoms with E-state index in [2.05, 4.69) is 0 Å². The molecule has 34 heavy (non-hydrogen) atoms. The smallest absolute Gasteiger partial charge is 0.238 e. The molecule has 0 spiro atoms. The van der Waals surface area contributed by atoms with Gasteiger partial charge >= 0.3 is 0 Å². The van der Waals surface area contributed by atoms with Crippen LogP contribution in [0.1, 0.15) is 25.7 Å². The summed E-state index contributed by atoms with van der Waals surface area (Å²) in [6.07, 6.45) is 10.4. The van der Waals surface area contributed by atoms with Crippen LogP contribution in [0.5, 0.6) is 0 Å². The van der Waals surface area contributed by atoms with Crippen LogP contribution in [-0.2, 0) is 19.2 Å². The number of rotatable bonds is 3. The van der Waals surface area contributed by atoms with Crippen molar-refractivity contribution >= 4 is 35.0 Å². The molecule has 0 unspecified atom stereocenters. The second-order valence-corrected chi connectivity index (χ2v) is 9.43. The zero-order chi connectivity index (χ0) is 23.4. The minimum atomic E-state index is -0.250. The molecular weight excluding hydrogens is 428 g/mol. The topological polar surface area (TPSA) is 74.8 Å².